The minimum atomic E-state index is 0.0552. The van der Waals surface area contributed by atoms with Gasteiger partial charge in [-0.25, -0.2) is 0 Å². The number of amides is 1. The van der Waals surface area contributed by atoms with E-state index >= 15 is 0 Å². The van der Waals surface area contributed by atoms with Crippen molar-refractivity contribution in [2.45, 2.75) is 26.5 Å². The van der Waals surface area contributed by atoms with Crippen LogP contribution in [0.3, 0.4) is 0 Å². The van der Waals surface area contributed by atoms with E-state index in [1.807, 2.05) is 26.0 Å². The number of rotatable bonds is 4. The molecule has 0 aromatic heterocycles. The molecule has 17 heavy (non-hydrogen) atoms. The van der Waals surface area contributed by atoms with Crippen molar-refractivity contribution in [2.24, 2.45) is 0 Å². The smallest absolute Gasteiger partial charge is 0.254 e. The molecule has 1 amide bonds. The van der Waals surface area contributed by atoms with Gasteiger partial charge in [0.15, 0.2) is 0 Å². The molecule has 0 saturated carbocycles. The summed E-state index contributed by atoms with van der Waals surface area (Å²) in [5.41, 5.74) is 8.10. The maximum absolute atomic E-state index is 12.0. The molecule has 0 bridgehead atoms. The summed E-state index contributed by atoms with van der Waals surface area (Å²) in [4.78, 5) is 13.8. The highest BCUT2D eigenvalue weighted by molar-refractivity contribution is 5.99. The number of carbonyl (C=O) groups is 1. The fraction of sp³-hybridized carbons (Fsp3) is 0.462. The van der Waals surface area contributed by atoms with Crippen LogP contribution in [0, 0.1) is 0 Å². The Kier molecular flexibility index (Phi) is 3.33. The van der Waals surface area contributed by atoms with Gasteiger partial charge in [0.1, 0.15) is 0 Å². The number of hydrogen-bond acceptors (Lipinski definition) is 3. The van der Waals surface area contributed by atoms with Crippen LogP contribution in [0.15, 0.2) is 18.2 Å². The van der Waals surface area contributed by atoms with Crippen molar-refractivity contribution in [3.05, 3.63) is 29.3 Å². The van der Waals surface area contributed by atoms with Crippen LogP contribution in [-0.2, 0) is 11.3 Å². The monoisotopic (exact) mass is 234 g/mol. The van der Waals surface area contributed by atoms with Crippen molar-refractivity contribution in [3.8, 4) is 0 Å². The van der Waals surface area contributed by atoms with Gasteiger partial charge >= 0.3 is 0 Å². The predicted molar refractivity (Wildman–Crippen MR) is 66.7 cm³/mol. The predicted octanol–water partition coefficient (Wildman–Crippen LogP) is 1.65. The zero-order valence-electron chi connectivity index (χ0n) is 10.3. The van der Waals surface area contributed by atoms with Gasteiger partial charge in [-0.15, -0.1) is 0 Å². The first-order valence-corrected chi connectivity index (χ1v) is 5.87. The molecule has 92 valence electrons. The van der Waals surface area contributed by atoms with Crippen molar-refractivity contribution >= 4 is 11.6 Å². The molecule has 0 spiro atoms. The van der Waals surface area contributed by atoms with Crippen LogP contribution in [0.25, 0.3) is 0 Å². The quantitative estimate of drug-likeness (QED) is 0.806. The molecule has 1 heterocycles. The fourth-order valence-electron chi connectivity index (χ4n) is 1.96. The first-order chi connectivity index (χ1) is 8.08. The molecule has 1 aromatic carbocycles. The van der Waals surface area contributed by atoms with E-state index in [9.17, 15) is 4.79 Å². The molecule has 4 nitrogen and oxygen atoms in total. The molecule has 2 rings (SSSR count). The number of nitrogens with two attached hydrogens (primary N) is 1. The van der Waals surface area contributed by atoms with Crippen molar-refractivity contribution in [1.82, 2.24) is 4.90 Å². The van der Waals surface area contributed by atoms with Crippen molar-refractivity contribution in [1.29, 1.82) is 0 Å². The second-order valence-electron chi connectivity index (χ2n) is 4.56. The summed E-state index contributed by atoms with van der Waals surface area (Å²) in [6.07, 6.45) is 0.200. The number of nitrogen functional groups attached to an aromatic ring is 1. The molecule has 1 aromatic rings. The highest BCUT2D eigenvalue weighted by Crippen LogP contribution is 2.24. The lowest BCUT2D eigenvalue weighted by Crippen LogP contribution is -2.28. The maximum atomic E-state index is 12.0. The van der Waals surface area contributed by atoms with Crippen LogP contribution in [0.1, 0.15) is 29.8 Å². The van der Waals surface area contributed by atoms with E-state index in [1.54, 1.807) is 11.0 Å². The standard InChI is InChI=1S/C13H18N2O2/c1-9(2)17-6-5-15-8-10-3-4-11(14)7-12(10)13(15)16/h3-4,7,9H,5-6,8,14H2,1-2H3. The van der Waals surface area contributed by atoms with E-state index in [0.717, 1.165) is 11.1 Å². The Bertz CT molecular complexity index is 429. The molecular formula is C13H18N2O2. The molecule has 0 fully saturated rings. The summed E-state index contributed by atoms with van der Waals surface area (Å²) in [6, 6.07) is 5.51. The molecule has 0 unspecified atom stereocenters. The molecule has 0 aliphatic carbocycles. The van der Waals surface area contributed by atoms with Crippen LogP contribution in [0.2, 0.25) is 0 Å². The Morgan fingerprint density at radius 1 is 1.47 bits per heavy atom. The normalized spacial score (nSPS) is 14.5. The van der Waals surface area contributed by atoms with E-state index in [1.165, 1.54) is 0 Å². The van der Waals surface area contributed by atoms with Crippen LogP contribution in [-0.4, -0.2) is 30.1 Å². The third kappa shape index (κ3) is 2.58. The molecule has 4 heteroatoms. The van der Waals surface area contributed by atoms with Gasteiger partial charge < -0.3 is 15.4 Å². The third-order valence-electron chi connectivity index (χ3n) is 2.83. The molecule has 1 aliphatic rings. The second kappa shape index (κ2) is 4.75. The highest BCUT2D eigenvalue weighted by Gasteiger charge is 2.26. The molecule has 0 atom stereocenters. The molecular weight excluding hydrogens is 216 g/mol. The minimum absolute atomic E-state index is 0.0552. The average molecular weight is 234 g/mol. The number of carbonyl (C=O) groups excluding carboxylic acids is 1. The van der Waals surface area contributed by atoms with Gasteiger partial charge in [-0.2, -0.15) is 0 Å². The van der Waals surface area contributed by atoms with Gasteiger partial charge in [-0.3, -0.25) is 4.79 Å². The summed E-state index contributed by atoms with van der Waals surface area (Å²) in [5.74, 6) is 0.0552. The molecule has 2 N–H and O–H groups in total. The third-order valence-corrected chi connectivity index (χ3v) is 2.83. The van der Waals surface area contributed by atoms with Gasteiger partial charge in [-0.1, -0.05) is 6.07 Å². The first kappa shape index (κ1) is 11.9. The van der Waals surface area contributed by atoms with Gasteiger partial charge in [-0.05, 0) is 31.5 Å². The maximum Gasteiger partial charge on any atom is 0.254 e. The van der Waals surface area contributed by atoms with Crippen molar-refractivity contribution in [3.63, 3.8) is 0 Å². The van der Waals surface area contributed by atoms with E-state index < -0.39 is 0 Å². The summed E-state index contributed by atoms with van der Waals surface area (Å²) < 4.78 is 5.46. The van der Waals surface area contributed by atoms with Crippen molar-refractivity contribution in [2.75, 3.05) is 18.9 Å². The van der Waals surface area contributed by atoms with Crippen LogP contribution in [0.5, 0.6) is 0 Å². The Labute approximate surface area is 101 Å². The van der Waals surface area contributed by atoms with Gasteiger partial charge in [0.05, 0.1) is 12.7 Å². The lowest BCUT2D eigenvalue weighted by Gasteiger charge is -2.16. The van der Waals surface area contributed by atoms with E-state index in [0.29, 0.717) is 25.4 Å². The summed E-state index contributed by atoms with van der Waals surface area (Å²) in [5, 5.41) is 0. The second-order valence-corrected chi connectivity index (χ2v) is 4.56. The Hall–Kier alpha value is -1.55. The molecule has 0 radical (unpaired) electrons. The largest absolute Gasteiger partial charge is 0.399 e. The highest BCUT2D eigenvalue weighted by atomic mass is 16.5. The zero-order chi connectivity index (χ0) is 12.4. The Morgan fingerprint density at radius 3 is 2.94 bits per heavy atom. The number of ether oxygens (including phenoxy) is 1. The van der Waals surface area contributed by atoms with Crippen molar-refractivity contribution < 1.29 is 9.53 Å². The number of fused-ring (bicyclic) bond motifs is 1. The molecule has 0 saturated heterocycles. The SMILES string of the molecule is CC(C)OCCN1Cc2ccc(N)cc2C1=O. The van der Waals surface area contributed by atoms with Crippen LogP contribution < -0.4 is 5.73 Å². The topological polar surface area (TPSA) is 55.6 Å². The average Bonchev–Trinajstić information content (AvgIpc) is 2.56. The van der Waals surface area contributed by atoms with Gasteiger partial charge in [0.25, 0.3) is 5.91 Å². The summed E-state index contributed by atoms with van der Waals surface area (Å²) >= 11 is 0. The zero-order valence-corrected chi connectivity index (χ0v) is 10.3. The molecule has 1 aliphatic heterocycles. The summed E-state index contributed by atoms with van der Waals surface area (Å²) in [6.45, 7) is 5.84. The number of anilines is 1. The first-order valence-electron chi connectivity index (χ1n) is 5.87. The fourth-order valence-corrected chi connectivity index (χ4v) is 1.96. The lowest BCUT2D eigenvalue weighted by molar-refractivity contribution is 0.0497. The number of nitrogens with zero attached hydrogens (tertiary/aromatic N) is 1. The number of benzene rings is 1. The van der Waals surface area contributed by atoms with E-state index in [-0.39, 0.29) is 12.0 Å². The van der Waals surface area contributed by atoms with Crippen LogP contribution >= 0.6 is 0 Å². The lowest BCUT2D eigenvalue weighted by atomic mass is 10.1. The van der Waals surface area contributed by atoms with Crippen LogP contribution in [0.4, 0.5) is 5.69 Å². The number of hydrogen-bond donors (Lipinski definition) is 1. The van der Waals surface area contributed by atoms with Gasteiger partial charge in [0, 0.05) is 24.3 Å². The van der Waals surface area contributed by atoms with E-state index in [4.69, 9.17) is 10.5 Å². The Balaban J connectivity index is 2.00. The Morgan fingerprint density at radius 2 is 2.24 bits per heavy atom. The van der Waals surface area contributed by atoms with Gasteiger partial charge in [0.2, 0.25) is 0 Å². The van der Waals surface area contributed by atoms with E-state index in [2.05, 4.69) is 0 Å². The minimum Gasteiger partial charge on any atom is -0.399 e. The summed E-state index contributed by atoms with van der Waals surface area (Å²) in [7, 11) is 0.